The van der Waals surface area contributed by atoms with Crippen LogP contribution >= 0.6 is 11.6 Å². The maximum absolute atomic E-state index is 12.4. The second-order valence-electron chi connectivity index (χ2n) is 5.37. The number of sulfonamides is 1. The van der Waals surface area contributed by atoms with E-state index >= 15 is 0 Å². The predicted molar refractivity (Wildman–Crippen MR) is 85.4 cm³/mol. The van der Waals surface area contributed by atoms with Crippen molar-refractivity contribution < 1.29 is 13.5 Å². The number of nitrogens with zero attached hydrogens (tertiary/aromatic N) is 1. The summed E-state index contributed by atoms with van der Waals surface area (Å²) in [6.45, 7) is 2.58. The molecular formula is C15H20ClNO3S. The lowest BCUT2D eigenvalue weighted by atomic mass is 9.95. The lowest BCUT2D eigenvalue weighted by Gasteiger charge is -2.32. The molecule has 0 bridgehead atoms. The van der Waals surface area contributed by atoms with Crippen molar-refractivity contribution in [3.63, 3.8) is 0 Å². The summed E-state index contributed by atoms with van der Waals surface area (Å²) in [5.74, 6) is 0.00207. The van der Waals surface area contributed by atoms with Crippen molar-refractivity contribution in [2.24, 2.45) is 5.92 Å². The van der Waals surface area contributed by atoms with E-state index in [-0.39, 0.29) is 5.92 Å². The van der Waals surface area contributed by atoms with E-state index in [1.54, 1.807) is 25.1 Å². The quantitative estimate of drug-likeness (QED) is 0.924. The minimum Gasteiger partial charge on any atom is -0.393 e. The average Bonchev–Trinajstić information content (AvgIpc) is 2.46. The van der Waals surface area contributed by atoms with E-state index in [1.807, 2.05) is 6.07 Å². The minimum absolute atomic E-state index is 0.00207. The van der Waals surface area contributed by atoms with Gasteiger partial charge in [0.15, 0.2) is 0 Å². The molecule has 116 valence electrons. The molecule has 2 atom stereocenters. The molecule has 1 aromatic rings. The molecule has 21 heavy (non-hydrogen) atoms. The Labute approximate surface area is 131 Å². The van der Waals surface area contributed by atoms with E-state index in [0.717, 1.165) is 12.8 Å². The van der Waals surface area contributed by atoms with Gasteiger partial charge in [-0.1, -0.05) is 29.8 Å². The highest BCUT2D eigenvalue weighted by molar-refractivity contribution is 7.92. The molecular weight excluding hydrogens is 310 g/mol. The van der Waals surface area contributed by atoms with Crippen LogP contribution in [0.1, 0.15) is 25.3 Å². The van der Waals surface area contributed by atoms with E-state index in [0.29, 0.717) is 23.7 Å². The van der Waals surface area contributed by atoms with Crippen molar-refractivity contribution in [1.82, 2.24) is 4.31 Å². The number of hydrogen-bond acceptors (Lipinski definition) is 3. The van der Waals surface area contributed by atoms with Gasteiger partial charge in [0.05, 0.1) is 6.10 Å². The van der Waals surface area contributed by atoms with E-state index in [2.05, 4.69) is 0 Å². The molecule has 2 unspecified atom stereocenters. The minimum atomic E-state index is -3.48. The first-order valence-corrected chi connectivity index (χ1v) is 8.89. The summed E-state index contributed by atoms with van der Waals surface area (Å²) in [5, 5.41) is 11.4. The van der Waals surface area contributed by atoms with Crippen molar-refractivity contribution in [2.45, 2.75) is 25.9 Å². The van der Waals surface area contributed by atoms with Crippen molar-refractivity contribution in [3.8, 4) is 0 Å². The van der Waals surface area contributed by atoms with Crippen LogP contribution < -0.4 is 0 Å². The lowest BCUT2D eigenvalue weighted by molar-refractivity contribution is 0.0889. The van der Waals surface area contributed by atoms with Crippen molar-refractivity contribution in [2.75, 3.05) is 13.1 Å². The van der Waals surface area contributed by atoms with Gasteiger partial charge in [-0.3, -0.25) is 0 Å². The fourth-order valence-electron chi connectivity index (χ4n) is 2.45. The molecule has 2 rings (SSSR count). The third-order valence-corrected chi connectivity index (χ3v) is 5.66. The van der Waals surface area contributed by atoms with E-state index in [4.69, 9.17) is 11.6 Å². The number of rotatable bonds is 4. The van der Waals surface area contributed by atoms with Crippen LogP contribution in [0.25, 0.3) is 6.08 Å². The highest BCUT2D eigenvalue weighted by Gasteiger charge is 2.29. The summed E-state index contributed by atoms with van der Waals surface area (Å²) < 4.78 is 26.1. The Kier molecular flexibility index (Phi) is 5.43. The molecule has 1 fully saturated rings. The van der Waals surface area contributed by atoms with Gasteiger partial charge in [-0.05, 0) is 43.4 Å². The summed E-state index contributed by atoms with van der Waals surface area (Å²) >= 11 is 6.01. The first-order valence-electron chi connectivity index (χ1n) is 7.01. The van der Waals surface area contributed by atoms with Gasteiger partial charge in [-0.2, -0.15) is 4.31 Å². The van der Waals surface area contributed by atoms with Crippen LogP contribution in [0, 0.1) is 5.92 Å². The molecule has 1 aliphatic heterocycles. The first-order chi connectivity index (χ1) is 9.90. The van der Waals surface area contributed by atoms with Crippen molar-refractivity contribution in [3.05, 3.63) is 40.3 Å². The molecule has 6 heteroatoms. The molecule has 0 radical (unpaired) electrons. The largest absolute Gasteiger partial charge is 0.393 e. The molecule has 0 aromatic heterocycles. The molecule has 4 nitrogen and oxygen atoms in total. The number of hydrogen-bond donors (Lipinski definition) is 1. The lowest BCUT2D eigenvalue weighted by Crippen LogP contribution is -2.42. The monoisotopic (exact) mass is 329 g/mol. The normalized spacial score (nSPS) is 22.5. The second kappa shape index (κ2) is 6.92. The number of piperidine rings is 1. The van der Waals surface area contributed by atoms with Gasteiger partial charge in [-0.15, -0.1) is 0 Å². The van der Waals surface area contributed by atoms with Crippen LogP contribution in [-0.2, 0) is 10.0 Å². The molecule has 1 aliphatic rings. The van der Waals surface area contributed by atoms with Gasteiger partial charge in [0.2, 0.25) is 10.0 Å². The van der Waals surface area contributed by atoms with Crippen molar-refractivity contribution >= 4 is 27.7 Å². The summed E-state index contributed by atoms with van der Waals surface area (Å²) in [5.41, 5.74) is 0.673. The molecule has 1 aromatic carbocycles. The van der Waals surface area contributed by atoms with Gasteiger partial charge in [0.25, 0.3) is 0 Å². The third kappa shape index (κ3) is 4.30. The molecule has 1 heterocycles. The Morgan fingerprint density at radius 1 is 1.43 bits per heavy atom. The zero-order valence-electron chi connectivity index (χ0n) is 11.9. The maximum Gasteiger partial charge on any atom is 0.236 e. The zero-order valence-corrected chi connectivity index (χ0v) is 13.5. The zero-order chi connectivity index (χ0) is 15.5. The summed E-state index contributed by atoms with van der Waals surface area (Å²) in [6.07, 6.45) is 2.66. The van der Waals surface area contributed by atoms with Crippen molar-refractivity contribution in [1.29, 1.82) is 0 Å². The standard InChI is InChI=1S/C15H20ClNO3S/c1-12(18)14-6-4-9-17(11-14)21(19,20)10-8-13-5-2-3-7-15(13)16/h2-3,5,7-8,10,12,14,18H,4,6,9,11H2,1H3/b10-8+. The Morgan fingerprint density at radius 2 is 2.14 bits per heavy atom. The van der Waals surface area contributed by atoms with Gasteiger partial charge >= 0.3 is 0 Å². The van der Waals surface area contributed by atoms with Crippen LogP contribution in [-0.4, -0.2) is 37.0 Å². The first kappa shape index (κ1) is 16.5. The molecule has 0 aliphatic carbocycles. The predicted octanol–water partition coefficient (Wildman–Crippen LogP) is 2.73. The van der Waals surface area contributed by atoms with Crippen LogP contribution in [0.15, 0.2) is 29.7 Å². The highest BCUT2D eigenvalue weighted by atomic mass is 35.5. The summed E-state index contributed by atoms with van der Waals surface area (Å²) in [7, 11) is -3.48. The molecule has 0 saturated carbocycles. The number of aliphatic hydroxyl groups excluding tert-OH is 1. The fraction of sp³-hybridized carbons (Fsp3) is 0.467. The SMILES string of the molecule is CC(O)C1CCCN(S(=O)(=O)/C=C/c2ccccc2Cl)C1. The number of aliphatic hydroxyl groups is 1. The smallest absolute Gasteiger partial charge is 0.236 e. The van der Waals surface area contributed by atoms with Crippen LogP contribution in [0.4, 0.5) is 0 Å². The van der Waals surface area contributed by atoms with Crippen LogP contribution in [0.5, 0.6) is 0 Å². The summed E-state index contributed by atoms with van der Waals surface area (Å²) in [4.78, 5) is 0. The van der Waals surface area contributed by atoms with Crippen LogP contribution in [0.2, 0.25) is 5.02 Å². The van der Waals surface area contributed by atoms with Gasteiger partial charge in [0.1, 0.15) is 0 Å². The fourth-order valence-corrected chi connectivity index (χ4v) is 3.93. The average molecular weight is 330 g/mol. The molecule has 1 saturated heterocycles. The van der Waals surface area contributed by atoms with Gasteiger partial charge in [0, 0.05) is 23.5 Å². The Morgan fingerprint density at radius 3 is 2.81 bits per heavy atom. The third-order valence-electron chi connectivity index (χ3n) is 3.79. The van der Waals surface area contributed by atoms with Gasteiger partial charge < -0.3 is 5.11 Å². The topological polar surface area (TPSA) is 57.6 Å². The van der Waals surface area contributed by atoms with E-state index in [9.17, 15) is 13.5 Å². The Hall–Kier alpha value is -0.880. The molecule has 0 amide bonds. The number of benzene rings is 1. The molecule has 0 spiro atoms. The number of halogens is 1. The Bertz CT molecular complexity index is 613. The molecule has 1 N–H and O–H groups in total. The Balaban J connectivity index is 2.13. The highest BCUT2D eigenvalue weighted by Crippen LogP contribution is 2.23. The van der Waals surface area contributed by atoms with Crippen LogP contribution in [0.3, 0.4) is 0 Å². The van der Waals surface area contributed by atoms with Gasteiger partial charge in [-0.25, -0.2) is 8.42 Å². The van der Waals surface area contributed by atoms with E-state index in [1.165, 1.54) is 15.8 Å². The maximum atomic E-state index is 12.4. The van der Waals surface area contributed by atoms with E-state index < -0.39 is 16.1 Å². The summed E-state index contributed by atoms with van der Waals surface area (Å²) in [6, 6.07) is 7.09. The second-order valence-corrected chi connectivity index (χ2v) is 7.60.